The number of carbonyl (C=O) groups excluding carboxylic acids is 3. The third kappa shape index (κ3) is 7.95. The van der Waals surface area contributed by atoms with E-state index < -0.39 is 36.4 Å². The van der Waals surface area contributed by atoms with Crippen LogP contribution >= 0.6 is 0 Å². The molecule has 1 saturated heterocycles. The van der Waals surface area contributed by atoms with Crippen LogP contribution in [0.1, 0.15) is 34.6 Å². The quantitative estimate of drug-likeness (QED) is 0.232. The Kier molecular flexibility index (Phi) is 10.1. The molecule has 1 rings (SSSR count). The lowest BCUT2D eigenvalue weighted by molar-refractivity contribution is -0.288. The Morgan fingerprint density at radius 2 is 1.46 bits per heavy atom. The second-order valence-corrected chi connectivity index (χ2v) is 6.62. The molecule has 0 spiro atoms. The van der Waals surface area contributed by atoms with E-state index in [1.807, 2.05) is 13.8 Å². The highest BCUT2D eigenvalue weighted by Crippen LogP contribution is 2.31. The zero-order valence-corrected chi connectivity index (χ0v) is 17.1. The Morgan fingerprint density at radius 3 is 2.04 bits per heavy atom. The van der Waals surface area contributed by atoms with E-state index in [4.69, 9.17) is 28.4 Å². The molecule has 0 aromatic heterocycles. The van der Waals surface area contributed by atoms with Gasteiger partial charge in [-0.2, -0.15) is 0 Å². The molecule has 0 radical (unpaired) electrons. The molecule has 160 valence electrons. The summed E-state index contributed by atoms with van der Waals surface area (Å²) in [5, 5.41) is 0. The standard InChI is InChI=1S/C19H30O9/c1-11(2)18(22)24-9-7-23-8-10-25-19-17(28-15(6)21)16(27-14(5)20)12(3)13(4)26-19/h12-13,16-17,19H,1,7-10H2,2-6H3/t12-,13+,16-,17+,19+/m0/s1. The normalized spacial score (nSPS) is 27.0. The lowest BCUT2D eigenvalue weighted by Gasteiger charge is -2.43. The lowest BCUT2D eigenvalue weighted by Crippen LogP contribution is -2.56. The number of rotatable bonds is 10. The first-order valence-corrected chi connectivity index (χ1v) is 9.15. The van der Waals surface area contributed by atoms with Gasteiger partial charge in [0, 0.05) is 25.3 Å². The van der Waals surface area contributed by atoms with Crippen LogP contribution < -0.4 is 0 Å². The molecule has 9 heteroatoms. The van der Waals surface area contributed by atoms with Crippen LogP contribution in [0.2, 0.25) is 0 Å². The molecular weight excluding hydrogens is 372 g/mol. The van der Waals surface area contributed by atoms with E-state index in [2.05, 4.69) is 6.58 Å². The number of carbonyl (C=O) groups is 3. The van der Waals surface area contributed by atoms with Crippen molar-refractivity contribution in [2.75, 3.05) is 26.4 Å². The zero-order chi connectivity index (χ0) is 21.3. The molecule has 0 unspecified atom stereocenters. The van der Waals surface area contributed by atoms with Crippen LogP contribution in [-0.4, -0.2) is 68.9 Å². The van der Waals surface area contributed by atoms with Crippen LogP contribution in [0.3, 0.4) is 0 Å². The molecule has 5 atom stereocenters. The van der Waals surface area contributed by atoms with Crippen LogP contribution in [0, 0.1) is 5.92 Å². The number of ether oxygens (including phenoxy) is 6. The molecule has 0 bridgehead atoms. The van der Waals surface area contributed by atoms with E-state index in [9.17, 15) is 14.4 Å². The molecule has 0 N–H and O–H groups in total. The molecule has 28 heavy (non-hydrogen) atoms. The highest BCUT2D eigenvalue weighted by Gasteiger charge is 2.47. The fraction of sp³-hybridized carbons (Fsp3) is 0.737. The maximum absolute atomic E-state index is 11.5. The predicted molar refractivity (Wildman–Crippen MR) is 97.2 cm³/mol. The minimum absolute atomic E-state index is 0.102. The Morgan fingerprint density at radius 1 is 0.893 bits per heavy atom. The Balaban J connectivity index is 2.51. The van der Waals surface area contributed by atoms with E-state index in [0.717, 1.165) is 0 Å². The molecule has 1 heterocycles. The Hall–Kier alpha value is -1.97. The predicted octanol–water partition coefficient (Wildman–Crippen LogP) is 1.38. The van der Waals surface area contributed by atoms with Gasteiger partial charge in [0.05, 0.1) is 25.9 Å². The lowest BCUT2D eigenvalue weighted by atomic mass is 9.91. The van der Waals surface area contributed by atoms with Crippen LogP contribution in [0.15, 0.2) is 12.2 Å². The summed E-state index contributed by atoms with van der Waals surface area (Å²) in [6, 6.07) is 0. The van der Waals surface area contributed by atoms with Crippen molar-refractivity contribution in [3.05, 3.63) is 12.2 Å². The van der Waals surface area contributed by atoms with Gasteiger partial charge in [-0.05, 0) is 13.8 Å². The molecule has 0 saturated carbocycles. The fourth-order valence-corrected chi connectivity index (χ4v) is 2.59. The second-order valence-electron chi connectivity index (χ2n) is 6.62. The molecule has 0 aliphatic carbocycles. The highest BCUT2D eigenvalue weighted by molar-refractivity contribution is 5.86. The molecule has 9 nitrogen and oxygen atoms in total. The van der Waals surface area contributed by atoms with Crippen molar-refractivity contribution in [3.63, 3.8) is 0 Å². The van der Waals surface area contributed by atoms with E-state index >= 15 is 0 Å². The Bertz CT molecular complexity index is 560. The molecule has 0 aromatic rings. The fourth-order valence-electron chi connectivity index (χ4n) is 2.59. The van der Waals surface area contributed by atoms with Gasteiger partial charge in [0.15, 0.2) is 12.4 Å². The van der Waals surface area contributed by atoms with Crippen LogP contribution in [0.25, 0.3) is 0 Å². The molecular formula is C19H30O9. The van der Waals surface area contributed by atoms with Crippen molar-refractivity contribution >= 4 is 17.9 Å². The second kappa shape index (κ2) is 11.8. The van der Waals surface area contributed by atoms with Gasteiger partial charge in [-0.3, -0.25) is 9.59 Å². The summed E-state index contributed by atoms with van der Waals surface area (Å²) in [6.07, 6.45) is -2.74. The summed E-state index contributed by atoms with van der Waals surface area (Å²) in [4.78, 5) is 34.2. The Labute approximate surface area is 165 Å². The van der Waals surface area contributed by atoms with Crippen molar-refractivity contribution in [2.45, 2.75) is 59.2 Å². The van der Waals surface area contributed by atoms with Gasteiger partial charge in [0.2, 0.25) is 0 Å². The summed E-state index contributed by atoms with van der Waals surface area (Å²) in [5.41, 5.74) is 0.319. The molecule has 1 aliphatic heterocycles. The van der Waals surface area contributed by atoms with Crippen LogP contribution in [0.5, 0.6) is 0 Å². The monoisotopic (exact) mass is 402 g/mol. The summed E-state index contributed by atoms with van der Waals surface area (Å²) in [6.45, 7) is 11.9. The third-order valence-electron chi connectivity index (χ3n) is 4.12. The van der Waals surface area contributed by atoms with E-state index in [1.54, 1.807) is 6.92 Å². The SMILES string of the molecule is C=C(C)C(=O)OCCOCCO[C@@H]1O[C@H](C)[C@H](C)[C@H](OC(C)=O)[C@H]1OC(C)=O. The van der Waals surface area contributed by atoms with Gasteiger partial charge in [-0.25, -0.2) is 4.79 Å². The van der Waals surface area contributed by atoms with Gasteiger partial charge in [0.25, 0.3) is 0 Å². The van der Waals surface area contributed by atoms with Crippen molar-refractivity contribution in [1.29, 1.82) is 0 Å². The van der Waals surface area contributed by atoms with Crippen molar-refractivity contribution in [1.82, 2.24) is 0 Å². The third-order valence-corrected chi connectivity index (χ3v) is 4.12. The molecule has 0 aromatic carbocycles. The first-order valence-electron chi connectivity index (χ1n) is 9.15. The molecule has 1 fully saturated rings. The first-order chi connectivity index (χ1) is 13.1. The zero-order valence-electron chi connectivity index (χ0n) is 17.1. The average molecular weight is 402 g/mol. The van der Waals surface area contributed by atoms with E-state index in [-0.39, 0.29) is 38.4 Å². The topological polar surface area (TPSA) is 107 Å². The average Bonchev–Trinajstić information content (AvgIpc) is 2.60. The van der Waals surface area contributed by atoms with Gasteiger partial charge in [-0.15, -0.1) is 0 Å². The minimum atomic E-state index is -0.899. The van der Waals surface area contributed by atoms with Gasteiger partial charge in [0.1, 0.15) is 12.7 Å². The van der Waals surface area contributed by atoms with Crippen molar-refractivity contribution in [2.24, 2.45) is 5.92 Å². The van der Waals surface area contributed by atoms with Crippen LogP contribution in [0.4, 0.5) is 0 Å². The number of hydrogen-bond donors (Lipinski definition) is 0. The minimum Gasteiger partial charge on any atom is -0.460 e. The largest absolute Gasteiger partial charge is 0.460 e. The van der Waals surface area contributed by atoms with E-state index in [1.165, 1.54) is 13.8 Å². The first kappa shape index (κ1) is 24.1. The molecule has 0 amide bonds. The van der Waals surface area contributed by atoms with Gasteiger partial charge < -0.3 is 28.4 Å². The number of hydrogen-bond acceptors (Lipinski definition) is 9. The summed E-state index contributed by atoms with van der Waals surface area (Å²) < 4.78 is 32.3. The smallest absolute Gasteiger partial charge is 0.333 e. The van der Waals surface area contributed by atoms with E-state index in [0.29, 0.717) is 5.57 Å². The summed E-state index contributed by atoms with van der Waals surface area (Å²) in [7, 11) is 0. The van der Waals surface area contributed by atoms with Crippen molar-refractivity contribution < 1.29 is 42.8 Å². The number of esters is 3. The maximum Gasteiger partial charge on any atom is 0.333 e. The molecule has 1 aliphatic rings. The highest BCUT2D eigenvalue weighted by atomic mass is 16.7. The van der Waals surface area contributed by atoms with Crippen LogP contribution in [-0.2, 0) is 42.8 Å². The van der Waals surface area contributed by atoms with Gasteiger partial charge >= 0.3 is 17.9 Å². The maximum atomic E-state index is 11.5. The van der Waals surface area contributed by atoms with Crippen molar-refractivity contribution in [3.8, 4) is 0 Å². The summed E-state index contributed by atoms with van der Waals surface area (Å²) >= 11 is 0. The van der Waals surface area contributed by atoms with Gasteiger partial charge in [-0.1, -0.05) is 13.5 Å². The summed E-state index contributed by atoms with van der Waals surface area (Å²) in [5.74, 6) is -1.67.